The smallest absolute Gasteiger partial charge is 0.387 e. The van der Waals surface area contributed by atoms with Gasteiger partial charge in [0.25, 0.3) is 0 Å². The van der Waals surface area contributed by atoms with E-state index in [1.807, 2.05) is 30.3 Å². The molecule has 0 fully saturated rings. The Balaban J connectivity index is 2.12. The highest BCUT2D eigenvalue weighted by Crippen LogP contribution is 2.24. The summed E-state index contributed by atoms with van der Waals surface area (Å²) in [6.07, 6.45) is 0.549. The van der Waals surface area contributed by atoms with E-state index in [4.69, 9.17) is 4.74 Å². The average molecular weight is 278 g/mol. The standard InChI is InChI=1S/C15H12F2O3/c16-15(17)20-14-7-12(9-18)6-13(8-14)19-10-11-4-2-1-3-5-11/h1-9,15H,10H2. The molecule has 0 amide bonds. The molecule has 0 unspecified atom stereocenters. The van der Waals surface area contributed by atoms with Gasteiger partial charge in [-0.3, -0.25) is 4.79 Å². The third kappa shape index (κ3) is 4.05. The number of hydrogen-bond donors (Lipinski definition) is 0. The molecule has 2 aromatic carbocycles. The van der Waals surface area contributed by atoms with Crippen LogP contribution in [0.1, 0.15) is 15.9 Å². The third-order valence-corrected chi connectivity index (χ3v) is 2.51. The van der Waals surface area contributed by atoms with Gasteiger partial charge >= 0.3 is 6.61 Å². The van der Waals surface area contributed by atoms with E-state index < -0.39 is 6.61 Å². The zero-order valence-electron chi connectivity index (χ0n) is 10.5. The first-order valence-electron chi connectivity index (χ1n) is 5.89. The van der Waals surface area contributed by atoms with Gasteiger partial charge in [0.05, 0.1) is 0 Å². The van der Waals surface area contributed by atoms with Crippen LogP contribution < -0.4 is 9.47 Å². The lowest BCUT2D eigenvalue weighted by atomic mass is 10.2. The predicted octanol–water partition coefficient (Wildman–Crippen LogP) is 3.68. The lowest BCUT2D eigenvalue weighted by molar-refractivity contribution is -0.0499. The maximum absolute atomic E-state index is 12.2. The molecule has 5 heteroatoms. The van der Waals surface area contributed by atoms with Crippen molar-refractivity contribution in [3.05, 3.63) is 59.7 Å². The summed E-state index contributed by atoms with van der Waals surface area (Å²) in [4.78, 5) is 10.8. The van der Waals surface area contributed by atoms with Gasteiger partial charge in [-0.1, -0.05) is 30.3 Å². The Bertz CT molecular complexity index is 571. The Kier molecular flexibility index (Phi) is 4.65. The Morgan fingerprint density at radius 1 is 1.05 bits per heavy atom. The van der Waals surface area contributed by atoms with Crippen molar-refractivity contribution in [1.82, 2.24) is 0 Å². The normalized spacial score (nSPS) is 10.3. The lowest BCUT2D eigenvalue weighted by Crippen LogP contribution is -2.03. The van der Waals surface area contributed by atoms with Crippen molar-refractivity contribution in [1.29, 1.82) is 0 Å². The van der Waals surface area contributed by atoms with Crippen LogP contribution in [0, 0.1) is 0 Å². The quantitative estimate of drug-likeness (QED) is 0.756. The van der Waals surface area contributed by atoms with Crippen LogP contribution >= 0.6 is 0 Å². The van der Waals surface area contributed by atoms with Crippen LogP contribution in [0.2, 0.25) is 0 Å². The van der Waals surface area contributed by atoms with Crippen LogP contribution in [0.3, 0.4) is 0 Å². The summed E-state index contributed by atoms with van der Waals surface area (Å²) in [5, 5.41) is 0. The number of carbonyl (C=O) groups is 1. The second-order valence-electron chi connectivity index (χ2n) is 4.01. The molecule has 2 aromatic rings. The molecule has 0 heterocycles. The number of rotatable bonds is 6. The zero-order valence-corrected chi connectivity index (χ0v) is 10.5. The first kappa shape index (κ1) is 14.0. The molecule has 104 valence electrons. The summed E-state index contributed by atoms with van der Waals surface area (Å²) in [5.41, 5.74) is 1.14. The van der Waals surface area contributed by atoms with Crippen LogP contribution in [0.5, 0.6) is 11.5 Å². The van der Waals surface area contributed by atoms with Gasteiger partial charge in [-0.25, -0.2) is 0 Å². The number of alkyl halides is 2. The van der Waals surface area contributed by atoms with Gasteiger partial charge in [0.15, 0.2) is 0 Å². The molecule has 0 N–H and O–H groups in total. The molecule has 0 radical (unpaired) electrons. The maximum atomic E-state index is 12.2. The largest absolute Gasteiger partial charge is 0.489 e. The summed E-state index contributed by atoms with van der Waals surface area (Å²) in [5.74, 6) is 0.196. The van der Waals surface area contributed by atoms with Crippen LogP contribution in [0.25, 0.3) is 0 Å². The maximum Gasteiger partial charge on any atom is 0.387 e. The fourth-order valence-corrected chi connectivity index (χ4v) is 1.66. The van der Waals surface area contributed by atoms with Crippen molar-refractivity contribution < 1.29 is 23.0 Å². The predicted molar refractivity (Wildman–Crippen MR) is 69.2 cm³/mol. The summed E-state index contributed by atoms with van der Waals surface area (Å²) < 4.78 is 34.1. The molecule has 3 nitrogen and oxygen atoms in total. The van der Waals surface area contributed by atoms with Crippen LogP contribution in [0.15, 0.2) is 48.5 Å². The minimum atomic E-state index is -2.95. The summed E-state index contributed by atoms with van der Waals surface area (Å²) >= 11 is 0. The first-order valence-corrected chi connectivity index (χ1v) is 5.89. The van der Waals surface area contributed by atoms with E-state index in [9.17, 15) is 13.6 Å². The van der Waals surface area contributed by atoms with E-state index in [1.165, 1.54) is 18.2 Å². The minimum Gasteiger partial charge on any atom is -0.489 e. The van der Waals surface area contributed by atoms with E-state index in [1.54, 1.807) is 0 Å². The second-order valence-corrected chi connectivity index (χ2v) is 4.01. The summed E-state index contributed by atoms with van der Waals surface area (Å²) in [6, 6.07) is 13.4. The van der Waals surface area contributed by atoms with E-state index in [0.717, 1.165) is 5.56 Å². The number of ether oxygens (including phenoxy) is 2. The van der Waals surface area contributed by atoms with Crippen molar-refractivity contribution in [2.45, 2.75) is 13.2 Å². The molecule has 2 rings (SSSR count). The second kappa shape index (κ2) is 6.65. The number of aldehydes is 1. The van der Waals surface area contributed by atoms with Gasteiger partial charge in [-0.05, 0) is 17.7 Å². The molecule has 0 aliphatic carbocycles. The molecular formula is C15H12F2O3. The highest BCUT2D eigenvalue weighted by atomic mass is 19.3. The van der Waals surface area contributed by atoms with Gasteiger partial charge in [0, 0.05) is 11.6 Å². The Labute approximate surface area is 114 Å². The third-order valence-electron chi connectivity index (χ3n) is 2.51. The van der Waals surface area contributed by atoms with Crippen molar-refractivity contribution in [3.8, 4) is 11.5 Å². The highest BCUT2D eigenvalue weighted by molar-refractivity contribution is 5.76. The van der Waals surface area contributed by atoms with E-state index in [2.05, 4.69) is 4.74 Å². The molecule has 0 aliphatic heterocycles. The van der Waals surface area contributed by atoms with Crippen LogP contribution in [-0.4, -0.2) is 12.9 Å². The van der Waals surface area contributed by atoms with Crippen LogP contribution in [-0.2, 0) is 6.61 Å². The highest BCUT2D eigenvalue weighted by Gasteiger charge is 2.08. The molecule has 0 bridgehead atoms. The summed E-state index contributed by atoms with van der Waals surface area (Å²) in [6.45, 7) is -2.67. The van der Waals surface area contributed by atoms with Crippen molar-refractivity contribution in [3.63, 3.8) is 0 Å². The average Bonchev–Trinajstić information content (AvgIpc) is 2.45. The van der Waals surface area contributed by atoms with Crippen LogP contribution in [0.4, 0.5) is 8.78 Å². The Morgan fingerprint density at radius 2 is 1.75 bits per heavy atom. The first-order chi connectivity index (χ1) is 9.67. The topological polar surface area (TPSA) is 35.5 Å². The SMILES string of the molecule is O=Cc1cc(OCc2ccccc2)cc(OC(F)F)c1. The fraction of sp³-hybridized carbons (Fsp3) is 0.133. The molecule has 0 aliphatic rings. The molecule has 0 aromatic heterocycles. The zero-order chi connectivity index (χ0) is 14.4. The molecule has 0 saturated heterocycles. The summed E-state index contributed by atoms with van der Waals surface area (Å²) in [7, 11) is 0. The van der Waals surface area contributed by atoms with Gasteiger partial charge in [0.1, 0.15) is 24.4 Å². The molecule has 0 saturated carbocycles. The number of hydrogen-bond acceptors (Lipinski definition) is 3. The number of carbonyl (C=O) groups excluding carboxylic acids is 1. The van der Waals surface area contributed by atoms with Gasteiger partial charge < -0.3 is 9.47 Å². The molecular weight excluding hydrogens is 266 g/mol. The van der Waals surface area contributed by atoms with Crippen molar-refractivity contribution >= 4 is 6.29 Å². The number of benzene rings is 2. The van der Waals surface area contributed by atoms with E-state index >= 15 is 0 Å². The fourth-order valence-electron chi connectivity index (χ4n) is 1.66. The van der Waals surface area contributed by atoms with Gasteiger partial charge in [0.2, 0.25) is 0 Å². The lowest BCUT2D eigenvalue weighted by Gasteiger charge is -2.10. The monoisotopic (exact) mass is 278 g/mol. The Morgan fingerprint density at radius 3 is 2.40 bits per heavy atom. The van der Waals surface area contributed by atoms with Gasteiger partial charge in [-0.2, -0.15) is 8.78 Å². The minimum absolute atomic E-state index is 0.104. The van der Waals surface area contributed by atoms with E-state index in [-0.39, 0.29) is 17.9 Å². The van der Waals surface area contributed by atoms with Crippen molar-refractivity contribution in [2.75, 3.05) is 0 Å². The van der Waals surface area contributed by atoms with E-state index in [0.29, 0.717) is 12.0 Å². The molecule has 0 atom stereocenters. The molecule has 20 heavy (non-hydrogen) atoms. The van der Waals surface area contributed by atoms with Gasteiger partial charge in [-0.15, -0.1) is 0 Å². The Hall–Kier alpha value is -2.43. The molecule has 0 spiro atoms. The number of halogens is 2. The van der Waals surface area contributed by atoms with Crippen molar-refractivity contribution in [2.24, 2.45) is 0 Å².